The molecule has 0 fully saturated rings. The van der Waals surface area contributed by atoms with Crippen molar-refractivity contribution < 1.29 is 39.5 Å². The van der Waals surface area contributed by atoms with E-state index in [2.05, 4.69) is 5.10 Å². The highest BCUT2D eigenvalue weighted by molar-refractivity contribution is 5.78. The Bertz CT molecular complexity index is 1040. The molecule has 0 aliphatic carbocycles. The number of halogens is 8. The highest BCUT2D eigenvalue weighted by atomic mass is 19.4. The van der Waals surface area contributed by atoms with Crippen molar-refractivity contribution in [2.75, 3.05) is 5.43 Å². The molecule has 1 heterocycles. The molecule has 3 rings (SSSR count). The topological polar surface area (TPSA) is 37.5 Å². The number of nitrogens with one attached hydrogen (secondary N) is 1. The molecule has 0 atom stereocenters. The van der Waals surface area contributed by atoms with Crippen LogP contribution >= 0.6 is 0 Å². The van der Waals surface area contributed by atoms with Crippen LogP contribution in [0.25, 0.3) is 11.3 Å². The van der Waals surface area contributed by atoms with E-state index in [-0.39, 0.29) is 11.5 Å². The minimum atomic E-state index is -5.64. The van der Waals surface area contributed by atoms with Crippen molar-refractivity contribution in [3.8, 4) is 11.3 Å². The summed E-state index contributed by atoms with van der Waals surface area (Å²) in [7, 11) is 0. The standard InChI is InChI=1S/C18H8F8N2O/c19-9-3-1-8(2-4-9)11-6-5-10(29-11)7-27-28-17-15(22)13(20)12(18(24,25)26)14(21)16(17)23/h1-7,28H/b27-7-. The van der Waals surface area contributed by atoms with Crippen LogP contribution in [-0.4, -0.2) is 6.21 Å². The number of rotatable bonds is 4. The van der Waals surface area contributed by atoms with Gasteiger partial charge in [0.05, 0.1) is 6.21 Å². The number of nitrogens with zero attached hydrogens (tertiary/aromatic N) is 1. The second kappa shape index (κ2) is 7.57. The molecule has 0 saturated heterocycles. The molecular formula is C18H8F8N2O. The lowest BCUT2D eigenvalue weighted by molar-refractivity contribution is -0.143. The molecule has 2 aromatic carbocycles. The normalized spacial score (nSPS) is 12.0. The summed E-state index contributed by atoms with van der Waals surface area (Å²) in [5.41, 5.74) is -2.12. The summed E-state index contributed by atoms with van der Waals surface area (Å²) >= 11 is 0. The van der Waals surface area contributed by atoms with E-state index in [1.165, 1.54) is 36.4 Å². The Kier molecular flexibility index (Phi) is 5.31. The first-order valence-electron chi connectivity index (χ1n) is 7.67. The van der Waals surface area contributed by atoms with Gasteiger partial charge in [0.1, 0.15) is 28.6 Å². The first-order valence-corrected chi connectivity index (χ1v) is 7.67. The zero-order chi connectivity index (χ0) is 21.3. The summed E-state index contributed by atoms with van der Waals surface area (Å²) in [4.78, 5) is 0. The van der Waals surface area contributed by atoms with Gasteiger partial charge in [0.25, 0.3) is 0 Å². The predicted molar refractivity (Wildman–Crippen MR) is 86.6 cm³/mol. The predicted octanol–water partition coefficient (Wildman–Crippen LogP) is 6.11. The number of alkyl halides is 3. The maximum atomic E-state index is 13.7. The number of hydrogen-bond donors (Lipinski definition) is 1. The Hall–Kier alpha value is -3.37. The number of hydrazone groups is 1. The summed E-state index contributed by atoms with van der Waals surface area (Å²) in [6.45, 7) is 0. The van der Waals surface area contributed by atoms with Gasteiger partial charge in [0.2, 0.25) is 0 Å². The van der Waals surface area contributed by atoms with Gasteiger partial charge in [-0.1, -0.05) is 0 Å². The molecule has 0 spiro atoms. The van der Waals surface area contributed by atoms with Gasteiger partial charge in [-0.3, -0.25) is 5.43 Å². The van der Waals surface area contributed by atoms with Crippen LogP contribution in [0.5, 0.6) is 0 Å². The van der Waals surface area contributed by atoms with E-state index >= 15 is 0 Å². The Morgan fingerprint density at radius 3 is 1.93 bits per heavy atom. The smallest absolute Gasteiger partial charge is 0.422 e. The summed E-state index contributed by atoms with van der Waals surface area (Å²) in [6, 6.07) is 8.05. The molecular weight excluding hydrogens is 412 g/mol. The molecule has 0 aliphatic rings. The van der Waals surface area contributed by atoms with E-state index in [1.54, 1.807) is 5.43 Å². The van der Waals surface area contributed by atoms with Gasteiger partial charge >= 0.3 is 6.18 Å². The molecule has 0 saturated carbocycles. The van der Waals surface area contributed by atoms with E-state index in [9.17, 15) is 35.1 Å². The first kappa shape index (κ1) is 20.4. The van der Waals surface area contributed by atoms with Crippen molar-refractivity contribution in [1.29, 1.82) is 0 Å². The second-order valence-corrected chi connectivity index (χ2v) is 5.58. The van der Waals surface area contributed by atoms with Crippen LogP contribution in [0.1, 0.15) is 11.3 Å². The number of furan rings is 1. The van der Waals surface area contributed by atoms with Gasteiger partial charge in [-0.25, -0.2) is 22.0 Å². The van der Waals surface area contributed by atoms with E-state index in [1.807, 2.05) is 0 Å². The average Bonchev–Trinajstić information content (AvgIpc) is 3.11. The van der Waals surface area contributed by atoms with Gasteiger partial charge in [0, 0.05) is 5.56 Å². The minimum absolute atomic E-state index is 0.0190. The van der Waals surface area contributed by atoms with Crippen molar-refractivity contribution in [1.82, 2.24) is 0 Å². The van der Waals surface area contributed by atoms with Crippen molar-refractivity contribution in [2.24, 2.45) is 5.10 Å². The number of benzene rings is 2. The third-order valence-corrected chi connectivity index (χ3v) is 3.67. The van der Waals surface area contributed by atoms with Crippen molar-refractivity contribution >= 4 is 11.9 Å². The summed E-state index contributed by atoms with van der Waals surface area (Å²) in [5, 5.41) is 3.31. The van der Waals surface area contributed by atoms with Crippen molar-refractivity contribution in [2.45, 2.75) is 6.18 Å². The second-order valence-electron chi connectivity index (χ2n) is 5.58. The summed E-state index contributed by atoms with van der Waals surface area (Å²) in [6.07, 6.45) is -4.78. The van der Waals surface area contributed by atoms with E-state index < -0.39 is 46.5 Å². The van der Waals surface area contributed by atoms with Crippen LogP contribution in [0, 0.1) is 29.1 Å². The van der Waals surface area contributed by atoms with Gasteiger partial charge < -0.3 is 4.42 Å². The fourth-order valence-corrected chi connectivity index (χ4v) is 2.33. The zero-order valence-corrected chi connectivity index (χ0v) is 13.9. The van der Waals surface area contributed by atoms with E-state index in [4.69, 9.17) is 4.42 Å². The van der Waals surface area contributed by atoms with Crippen LogP contribution in [-0.2, 0) is 6.18 Å². The molecule has 0 radical (unpaired) electrons. The summed E-state index contributed by atoms with van der Waals surface area (Å²) in [5.74, 6) is -9.96. The summed E-state index contributed by atoms with van der Waals surface area (Å²) < 4.78 is 110. The highest BCUT2D eigenvalue weighted by Gasteiger charge is 2.42. The zero-order valence-electron chi connectivity index (χ0n) is 13.9. The lowest BCUT2D eigenvalue weighted by Gasteiger charge is -2.13. The van der Waals surface area contributed by atoms with Crippen LogP contribution in [0.4, 0.5) is 40.8 Å². The molecule has 3 aromatic rings. The third-order valence-electron chi connectivity index (χ3n) is 3.67. The average molecular weight is 420 g/mol. The molecule has 0 aliphatic heterocycles. The Morgan fingerprint density at radius 2 is 1.38 bits per heavy atom. The van der Waals surface area contributed by atoms with E-state index in [0.717, 1.165) is 6.21 Å². The molecule has 1 N–H and O–H groups in total. The Labute approximate surface area is 157 Å². The third kappa shape index (κ3) is 4.08. The molecule has 0 amide bonds. The fraction of sp³-hybridized carbons (Fsp3) is 0.0556. The molecule has 1 aromatic heterocycles. The van der Waals surface area contributed by atoms with Crippen molar-refractivity contribution in [3.63, 3.8) is 0 Å². The van der Waals surface area contributed by atoms with Crippen LogP contribution in [0.2, 0.25) is 0 Å². The highest BCUT2D eigenvalue weighted by Crippen LogP contribution is 2.38. The Balaban J connectivity index is 1.83. The minimum Gasteiger partial charge on any atom is -0.455 e. The van der Waals surface area contributed by atoms with Gasteiger partial charge in [-0.05, 0) is 36.4 Å². The largest absolute Gasteiger partial charge is 0.455 e. The Morgan fingerprint density at radius 1 is 0.793 bits per heavy atom. The maximum Gasteiger partial charge on any atom is 0.422 e. The molecule has 29 heavy (non-hydrogen) atoms. The number of anilines is 1. The number of hydrogen-bond acceptors (Lipinski definition) is 3. The van der Waals surface area contributed by atoms with Crippen molar-refractivity contribution in [3.05, 3.63) is 76.8 Å². The SMILES string of the molecule is Fc1ccc(-c2ccc(/C=N\Nc3c(F)c(F)c(C(F)(F)F)c(F)c3F)o2)cc1. The first-order chi connectivity index (χ1) is 13.6. The molecule has 0 bridgehead atoms. The van der Waals surface area contributed by atoms with Gasteiger partial charge in [-0.2, -0.15) is 18.3 Å². The quantitative estimate of drug-likeness (QED) is 0.240. The van der Waals surface area contributed by atoms with E-state index in [0.29, 0.717) is 5.56 Å². The molecule has 0 unspecified atom stereocenters. The maximum absolute atomic E-state index is 13.7. The van der Waals surface area contributed by atoms with Crippen LogP contribution in [0.3, 0.4) is 0 Å². The van der Waals surface area contributed by atoms with Crippen LogP contribution < -0.4 is 5.43 Å². The van der Waals surface area contributed by atoms with Gasteiger partial charge in [0.15, 0.2) is 23.3 Å². The lowest BCUT2D eigenvalue weighted by Crippen LogP contribution is -2.16. The molecule has 3 nitrogen and oxygen atoms in total. The molecule has 152 valence electrons. The lowest BCUT2D eigenvalue weighted by atomic mass is 10.1. The fourth-order valence-electron chi connectivity index (χ4n) is 2.33. The monoisotopic (exact) mass is 420 g/mol. The van der Waals surface area contributed by atoms with Crippen LogP contribution in [0.15, 0.2) is 45.9 Å². The van der Waals surface area contributed by atoms with Gasteiger partial charge in [-0.15, -0.1) is 0 Å². The molecule has 11 heteroatoms.